The molecule has 0 aromatic heterocycles. The zero-order valence-corrected chi connectivity index (χ0v) is 11.8. The Hall–Kier alpha value is -1.91. The van der Waals surface area contributed by atoms with Gasteiger partial charge in [-0.15, -0.1) is 0 Å². The minimum Gasteiger partial charge on any atom is -0.347 e. The molecule has 1 aliphatic carbocycles. The first-order valence-corrected chi connectivity index (χ1v) is 7.46. The summed E-state index contributed by atoms with van der Waals surface area (Å²) in [5, 5.41) is 2.73. The molecule has 1 aromatic carbocycles. The van der Waals surface area contributed by atoms with Gasteiger partial charge in [-0.1, -0.05) is 12.1 Å². The highest BCUT2D eigenvalue weighted by Crippen LogP contribution is 2.47. The summed E-state index contributed by atoms with van der Waals surface area (Å²) in [4.78, 5) is 25.7. The van der Waals surface area contributed by atoms with Gasteiger partial charge in [-0.2, -0.15) is 0 Å². The maximum atomic E-state index is 12.9. The molecule has 0 spiro atoms. The maximum absolute atomic E-state index is 12.9. The van der Waals surface area contributed by atoms with Crippen LogP contribution in [0.1, 0.15) is 30.7 Å². The van der Waals surface area contributed by atoms with Gasteiger partial charge in [0.05, 0.1) is 6.54 Å². The molecule has 112 valence electrons. The summed E-state index contributed by atoms with van der Waals surface area (Å²) in [6, 6.07) is 6.28. The fourth-order valence-corrected chi connectivity index (χ4v) is 2.94. The number of hydrogen-bond acceptors (Lipinski definition) is 2. The third-order valence-corrected chi connectivity index (χ3v) is 4.30. The molecule has 2 unspecified atom stereocenters. The molecular formula is C16H19FN2O2. The van der Waals surface area contributed by atoms with Crippen LogP contribution < -0.4 is 5.32 Å². The lowest BCUT2D eigenvalue weighted by molar-refractivity contribution is -0.132. The Morgan fingerprint density at radius 2 is 1.86 bits per heavy atom. The molecule has 2 amide bonds. The van der Waals surface area contributed by atoms with Crippen molar-refractivity contribution in [2.75, 3.05) is 19.6 Å². The van der Waals surface area contributed by atoms with Crippen LogP contribution in [-0.2, 0) is 9.59 Å². The number of hydrogen-bond donors (Lipinski definition) is 1. The summed E-state index contributed by atoms with van der Waals surface area (Å²) >= 11 is 0. The lowest BCUT2D eigenvalue weighted by Gasteiger charge is -2.15. The SMILES string of the molecule is O=C(NCC(=O)N1CCCC1)C1CC1c1ccc(F)cc1. The summed E-state index contributed by atoms with van der Waals surface area (Å²) < 4.78 is 12.9. The van der Waals surface area contributed by atoms with E-state index in [-0.39, 0.29) is 36.0 Å². The minimum atomic E-state index is -0.267. The molecule has 1 heterocycles. The molecule has 2 aliphatic rings. The van der Waals surface area contributed by atoms with E-state index in [0.29, 0.717) is 0 Å². The van der Waals surface area contributed by atoms with E-state index in [2.05, 4.69) is 5.32 Å². The lowest BCUT2D eigenvalue weighted by Crippen LogP contribution is -2.39. The van der Waals surface area contributed by atoms with E-state index >= 15 is 0 Å². The average Bonchev–Trinajstić information content (AvgIpc) is 3.09. The van der Waals surface area contributed by atoms with E-state index in [0.717, 1.165) is 37.9 Å². The number of benzene rings is 1. The second-order valence-corrected chi connectivity index (χ2v) is 5.81. The van der Waals surface area contributed by atoms with Crippen LogP contribution in [0, 0.1) is 11.7 Å². The Morgan fingerprint density at radius 1 is 1.19 bits per heavy atom. The maximum Gasteiger partial charge on any atom is 0.241 e. The molecule has 2 fully saturated rings. The van der Waals surface area contributed by atoms with Crippen molar-refractivity contribution >= 4 is 11.8 Å². The predicted octanol–water partition coefficient (Wildman–Crippen LogP) is 1.67. The summed E-state index contributed by atoms with van der Waals surface area (Å²) in [5.41, 5.74) is 0.988. The molecule has 2 atom stereocenters. The van der Waals surface area contributed by atoms with E-state index in [1.54, 1.807) is 17.0 Å². The Kier molecular flexibility index (Phi) is 3.90. The highest BCUT2D eigenvalue weighted by molar-refractivity contribution is 5.88. The van der Waals surface area contributed by atoms with Gasteiger partial charge in [0.15, 0.2) is 0 Å². The van der Waals surface area contributed by atoms with E-state index in [1.807, 2.05) is 0 Å². The van der Waals surface area contributed by atoms with Gasteiger partial charge in [-0.3, -0.25) is 9.59 Å². The molecule has 21 heavy (non-hydrogen) atoms. The van der Waals surface area contributed by atoms with Gasteiger partial charge in [0.2, 0.25) is 11.8 Å². The summed E-state index contributed by atoms with van der Waals surface area (Å²) in [7, 11) is 0. The molecule has 1 N–H and O–H groups in total. The zero-order valence-electron chi connectivity index (χ0n) is 11.8. The van der Waals surface area contributed by atoms with Crippen LogP contribution in [-0.4, -0.2) is 36.3 Å². The standard InChI is InChI=1S/C16H19FN2O2/c17-12-5-3-11(4-6-12)13-9-14(13)16(21)18-10-15(20)19-7-1-2-8-19/h3-6,13-14H,1-2,7-10H2,(H,18,21). The van der Waals surface area contributed by atoms with Gasteiger partial charge in [-0.05, 0) is 42.9 Å². The number of amides is 2. The molecule has 1 saturated carbocycles. The zero-order chi connectivity index (χ0) is 14.8. The number of rotatable bonds is 4. The third-order valence-electron chi connectivity index (χ3n) is 4.30. The van der Waals surface area contributed by atoms with Gasteiger partial charge >= 0.3 is 0 Å². The van der Waals surface area contributed by atoms with Crippen LogP contribution in [0.5, 0.6) is 0 Å². The van der Waals surface area contributed by atoms with Crippen molar-refractivity contribution < 1.29 is 14.0 Å². The second kappa shape index (κ2) is 5.84. The summed E-state index contributed by atoms with van der Waals surface area (Å²) in [6.07, 6.45) is 2.87. The molecule has 1 saturated heterocycles. The quantitative estimate of drug-likeness (QED) is 0.917. The highest BCUT2D eigenvalue weighted by atomic mass is 19.1. The van der Waals surface area contributed by atoms with Crippen molar-refractivity contribution in [1.82, 2.24) is 10.2 Å². The summed E-state index contributed by atoms with van der Waals surface area (Å²) in [6.45, 7) is 1.69. The molecule has 5 heteroatoms. The second-order valence-electron chi connectivity index (χ2n) is 5.81. The average molecular weight is 290 g/mol. The number of carbonyl (C=O) groups is 2. The van der Waals surface area contributed by atoms with Gasteiger partial charge < -0.3 is 10.2 Å². The Labute approximate surface area is 123 Å². The van der Waals surface area contributed by atoms with Crippen LogP contribution in [0.25, 0.3) is 0 Å². The molecule has 4 nitrogen and oxygen atoms in total. The van der Waals surface area contributed by atoms with E-state index in [1.165, 1.54) is 12.1 Å². The number of carbonyl (C=O) groups excluding carboxylic acids is 2. The van der Waals surface area contributed by atoms with Crippen LogP contribution in [0.15, 0.2) is 24.3 Å². The van der Waals surface area contributed by atoms with E-state index < -0.39 is 0 Å². The van der Waals surface area contributed by atoms with Crippen LogP contribution in [0.2, 0.25) is 0 Å². The first-order chi connectivity index (χ1) is 10.1. The normalized spacial score (nSPS) is 24.0. The molecular weight excluding hydrogens is 271 g/mol. The number of halogens is 1. The van der Waals surface area contributed by atoms with Crippen molar-refractivity contribution in [3.05, 3.63) is 35.6 Å². The number of likely N-dealkylation sites (tertiary alicyclic amines) is 1. The summed E-state index contributed by atoms with van der Waals surface area (Å²) in [5.74, 6) is -0.261. The van der Waals surface area contributed by atoms with Crippen molar-refractivity contribution in [3.63, 3.8) is 0 Å². The van der Waals surface area contributed by atoms with Crippen LogP contribution in [0.3, 0.4) is 0 Å². The predicted molar refractivity (Wildman–Crippen MR) is 76.1 cm³/mol. The third kappa shape index (κ3) is 3.23. The minimum absolute atomic E-state index is 0.000155. The monoisotopic (exact) mass is 290 g/mol. The van der Waals surface area contributed by atoms with Crippen molar-refractivity contribution in [2.45, 2.75) is 25.2 Å². The van der Waals surface area contributed by atoms with Crippen molar-refractivity contribution in [1.29, 1.82) is 0 Å². The Morgan fingerprint density at radius 3 is 2.52 bits per heavy atom. The Bertz CT molecular complexity index is 538. The topological polar surface area (TPSA) is 49.4 Å². The van der Waals surface area contributed by atoms with Crippen LogP contribution >= 0.6 is 0 Å². The van der Waals surface area contributed by atoms with E-state index in [9.17, 15) is 14.0 Å². The largest absolute Gasteiger partial charge is 0.347 e. The smallest absolute Gasteiger partial charge is 0.241 e. The Balaban J connectivity index is 1.46. The molecule has 3 rings (SSSR count). The fraction of sp³-hybridized carbons (Fsp3) is 0.500. The first kappa shape index (κ1) is 14.0. The lowest BCUT2D eigenvalue weighted by atomic mass is 10.1. The van der Waals surface area contributed by atoms with Gasteiger partial charge in [0, 0.05) is 19.0 Å². The van der Waals surface area contributed by atoms with E-state index in [4.69, 9.17) is 0 Å². The number of nitrogens with one attached hydrogen (secondary N) is 1. The van der Waals surface area contributed by atoms with Crippen molar-refractivity contribution in [2.24, 2.45) is 5.92 Å². The number of nitrogens with zero attached hydrogens (tertiary/aromatic N) is 1. The molecule has 1 aromatic rings. The van der Waals surface area contributed by atoms with Gasteiger partial charge in [0.25, 0.3) is 0 Å². The molecule has 0 bridgehead atoms. The fourth-order valence-electron chi connectivity index (χ4n) is 2.94. The molecule has 1 aliphatic heterocycles. The van der Waals surface area contributed by atoms with Crippen LogP contribution in [0.4, 0.5) is 4.39 Å². The molecule has 0 radical (unpaired) electrons. The van der Waals surface area contributed by atoms with Gasteiger partial charge in [-0.25, -0.2) is 4.39 Å². The first-order valence-electron chi connectivity index (χ1n) is 7.46. The van der Waals surface area contributed by atoms with Gasteiger partial charge in [0.1, 0.15) is 5.82 Å². The highest BCUT2D eigenvalue weighted by Gasteiger charge is 2.43. The van der Waals surface area contributed by atoms with Crippen molar-refractivity contribution in [3.8, 4) is 0 Å².